The van der Waals surface area contributed by atoms with Crippen molar-refractivity contribution in [2.24, 2.45) is 0 Å². The Kier molecular flexibility index (Phi) is 2.26. The van der Waals surface area contributed by atoms with Gasteiger partial charge in [0.25, 0.3) is 0 Å². The molecule has 0 amide bonds. The summed E-state index contributed by atoms with van der Waals surface area (Å²) < 4.78 is 0. The van der Waals surface area contributed by atoms with Crippen LogP contribution in [0, 0.1) is 0 Å². The minimum absolute atomic E-state index is 0.575. The van der Waals surface area contributed by atoms with Crippen molar-refractivity contribution in [2.45, 2.75) is 6.82 Å². The molecule has 0 bridgehead atoms. The van der Waals surface area contributed by atoms with Gasteiger partial charge in [-0.2, -0.15) is 0 Å². The first-order valence-electron chi connectivity index (χ1n) is 3.24. The Balaban J connectivity index is 2.77. The Bertz CT molecular complexity index is 195. The molecule has 1 aliphatic rings. The fourth-order valence-corrected chi connectivity index (χ4v) is 0.735. The molecule has 46 valence electrons. The second-order valence-corrected chi connectivity index (χ2v) is 2.21. The molecule has 0 spiro atoms. The quantitative estimate of drug-likeness (QED) is 0.423. The molecule has 0 aromatic heterocycles. The molecule has 1 heterocycles. The van der Waals surface area contributed by atoms with E-state index in [-0.39, 0.29) is 0 Å². The van der Waals surface area contributed by atoms with Crippen LogP contribution in [0.3, 0.4) is 0 Å². The number of hydrogen-bond acceptors (Lipinski definition) is 0. The van der Waals surface area contributed by atoms with Gasteiger partial charge >= 0.3 is 0 Å². The lowest BCUT2D eigenvalue weighted by Crippen LogP contribution is -1.91. The summed E-state index contributed by atoms with van der Waals surface area (Å²) in [5, 5.41) is 0. The van der Waals surface area contributed by atoms with Gasteiger partial charge in [0, 0.05) is 0 Å². The molecule has 0 saturated heterocycles. The van der Waals surface area contributed by atoms with Crippen molar-refractivity contribution in [1.29, 1.82) is 0 Å². The topological polar surface area (TPSA) is 0 Å². The molecule has 0 atom stereocenters. The van der Waals surface area contributed by atoms with Gasteiger partial charge in [0.05, 0.1) is 0 Å². The molecule has 0 aromatic carbocycles. The SMILES string of the molecule is C[B-]1=C/C=CC=C/C=C\1. The van der Waals surface area contributed by atoms with Crippen LogP contribution in [-0.2, 0) is 0 Å². The largest absolute Gasteiger partial charge is 0.265 e. The van der Waals surface area contributed by atoms with Gasteiger partial charge < -0.3 is 0 Å². The van der Waals surface area contributed by atoms with Gasteiger partial charge in [-0.15, -0.1) is 18.5 Å². The lowest BCUT2D eigenvalue weighted by Gasteiger charge is -1.98. The Hall–Kier alpha value is -0.845. The van der Waals surface area contributed by atoms with Crippen LogP contribution in [0.5, 0.6) is 0 Å². The maximum atomic E-state index is 2.17. The maximum Gasteiger partial charge on any atom is -0.0625 e. The van der Waals surface area contributed by atoms with Gasteiger partial charge in [-0.05, 0) is 0 Å². The second-order valence-electron chi connectivity index (χ2n) is 2.21. The van der Waals surface area contributed by atoms with Crippen molar-refractivity contribution >= 4 is 12.3 Å². The van der Waals surface area contributed by atoms with Gasteiger partial charge in [0.2, 0.25) is 0 Å². The zero-order valence-electron chi connectivity index (χ0n) is 5.62. The normalized spacial score (nSPS) is 26.1. The number of allylic oxidation sites excluding steroid dienone is 5. The molecule has 0 radical (unpaired) electrons. The molecular weight excluding hydrogens is 107 g/mol. The van der Waals surface area contributed by atoms with Gasteiger partial charge in [0.15, 0.2) is 0 Å². The number of rotatable bonds is 0. The van der Waals surface area contributed by atoms with Crippen LogP contribution in [0.25, 0.3) is 0 Å². The highest BCUT2D eigenvalue weighted by molar-refractivity contribution is 6.70. The molecule has 0 saturated carbocycles. The van der Waals surface area contributed by atoms with E-state index in [0.29, 0.717) is 6.35 Å². The summed E-state index contributed by atoms with van der Waals surface area (Å²) in [5.74, 6) is 4.33. The zero-order valence-corrected chi connectivity index (χ0v) is 5.62. The lowest BCUT2D eigenvalue weighted by atomic mass is 9.65. The van der Waals surface area contributed by atoms with E-state index in [0.717, 1.165) is 0 Å². The fraction of sp³-hybridized carbons (Fsp3) is 0.125. The van der Waals surface area contributed by atoms with Gasteiger partial charge in [-0.3, -0.25) is 11.9 Å². The van der Waals surface area contributed by atoms with Crippen LogP contribution in [0.4, 0.5) is 0 Å². The number of hydrogen-bond donors (Lipinski definition) is 0. The predicted octanol–water partition coefficient (Wildman–Crippen LogP) is 1.72. The van der Waals surface area contributed by atoms with Crippen LogP contribution in [0.1, 0.15) is 0 Å². The van der Waals surface area contributed by atoms with E-state index >= 15 is 0 Å². The standard InChI is InChI=1S/C8H10B/c1-9-7-5-3-2-4-6-8-9/h2-8H,1H3/q-1/b3-2?,4-2?,5-3?,6-4?,7-5-,8-6?. The van der Waals surface area contributed by atoms with Crippen molar-refractivity contribution < 1.29 is 0 Å². The summed E-state index contributed by atoms with van der Waals surface area (Å²) in [7, 11) is 0. The van der Waals surface area contributed by atoms with Crippen LogP contribution < -0.4 is 0 Å². The maximum absolute atomic E-state index is 2.17. The lowest BCUT2D eigenvalue weighted by molar-refractivity contribution is 1.93. The highest BCUT2D eigenvalue weighted by Crippen LogP contribution is 1.84. The minimum atomic E-state index is 0.575. The molecule has 1 rings (SSSR count). The highest BCUT2D eigenvalue weighted by atomic mass is 13.7. The van der Waals surface area contributed by atoms with E-state index < -0.39 is 0 Å². The molecule has 0 aliphatic carbocycles. The predicted molar refractivity (Wildman–Crippen MR) is 45.1 cm³/mol. The molecule has 0 fully saturated rings. The molecule has 1 heteroatoms. The molecule has 9 heavy (non-hydrogen) atoms. The second kappa shape index (κ2) is 3.23. The van der Waals surface area contributed by atoms with Crippen molar-refractivity contribution in [3.8, 4) is 0 Å². The Morgan fingerprint density at radius 3 is 2.44 bits per heavy atom. The van der Waals surface area contributed by atoms with E-state index in [2.05, 4.69) is 30.9 Å². The Morgan fingerprint density at radius 2 is 1.56 bits per heavy atom. The summed E-state index contributed by atoms with van der Waals surface area (Å²) in [5.41, 5.74) is 0. The summed E-state index contributed by atoms with van der Waals surface area (Å²) in [6.45, 7) is 2.17. The average molecular weight is 117 g/mol. The molecule has 0 N–H and O–H groups in total. The van der Waals surface area contributed by atoms with Crippen molar-refractivity contribution in [1.82, 2.24) is 0 Å². The summed E-state index contributed by atoms with van der Waals surface area (Å²) in [6.07, 6.45) is 10.8. The third kappa shape index (κ3) is 2.27. The third-order valence-corrected chi connectivity index (χ3v) is 1.27. The summed E-state index contributed by atoms with van der Waals surface area (Å²) in [4.78, 5) is 0. The average Bonchev–Trinajstić information content (AvgIpc) is 1.79. The summed E-state index contributed by atoms with van der Waals surface area (Å²) in [6, 6.07) is 0. The first kappa shape index (κ1) is 6.28. The zero-order chi connectivity index (χ0) is 6.53. The van der Waals surface area contributed by atoms with Gasteiger partial charge in [0.1, 0.15) is 0 Å². The van der Waals surface area contributed by atoms with Crippen LogP contribution in [0.2, 0.25) is 6.82 Å². The van der Waals surface area contributed by atoms with Gasteiger partial charge in [-0.25, -0.2) is 6.82 Å². The van der Waals surface area contributed by atoms with Crippen LogP contribution in [0.15, 0.2) is 36.4 Å². The Labute approximate surface area is 56.3 Å². The van der Waals surface area contributed by atoms with Gasteiger partial charge in [-0.1, -0.05) is 18.2 Å². The van der Waals surface area contributed by atoms with Crippen molar-refractivity contribution in [3.05, 3.63) is 36.4 Å². The van der Waals surface area contributed by atoms with E-state index in [9.17, 15) is 0 Å². The smallest absolute Gasteiger partial charge is 0.0625 e. The summed E-state index contributed by atoms with van der Waals surface area (Å²) >= 11 is 0. The first-order valence-corrected chi connectivity index (χ1v) is 3.24. The van der Waals surface area contributed by atoms with Crippen molar-refractivity contribution in [3.63, 3.8) is 0 Å². The van der Waals surface area contributed by atoms with Crippen LogP contribution >= 0.6 is 0 Å². The highest BCUT2D eigenvalue weighted by Gasteiger charge is 1.67. The van der Waals surface area contributed by atoms with Crippen LogP contribution in [-0.4, -0.2) is 12.3 Å². The van der Waals surface area contributed by atoms with E-state index in [1.54, 1.807) is 0 Å². The first-order chi connectivity index (χ1) is 4.39. The van der Waals surface area contributed by atoms with E-state index in [4.69, 9.17) is 0 Å². The molecule has 0 aromatic rings. The minimum Gasteiger partial charge on any atom is -0.265 e. The third-order valence-electron chi connectivity index (χ3n) is 1.27. The molecule has 1 aliphatic heterocycles. The van der Waals surface area contributed by atoms with E-state index in [1.165, 1.54) is 0 Å². The molecule has 0 nitrogen and oxygen atoms in total. The molecule has 0 unspecified atom stereocenters. The molecular formula is C8H10B-. The Morgan fingerprint density at radius 1 is 0.889 bits per heavy atom. The monoisotopic (exact) mass is 117 g/mol. The fourth-order valence-electron chi connectivity index (χ4n) is 0.735. The van der Waals surface area contributed by atoms with Crippen molar-refractivity contribution in [2.75, 3.05) is 0 Å². The van der Waals surface area contributed by atoms with E-state index in [1.807, 2.05) is 18.2 Å².